The van der Waals surface area contributed by atoms with E-state index < -0.39 is 5.54 Å². The zero-order valence-corrected chi connectivity index (χ0v) is 15.3. The summed E-state index contributed by atoms with van der Waals surface area (Å²) in [5.74, 6) is 0. The van der Waals surface area contributed by atoms with Gasteiger partial charge in [-0.15, -0.1) is 11.3 Å². The number of aryl methyl sites for hydroxylation is 1. The molecule has 4 rings (SSSR count). The van der Waals surface area contributed by atoms with Crippen LogP contribution in [0.5, 0.6) is 0 Å². The molecule has 4 nitrogen and oxygen atoms in total. The second-order valence-electron chi connectivity index (χ2n) is 6.48. The zero-order chi connectivity index (χ0) is 18.1. The van der Waals surface area contributed by atoms with Gasteiger partial charge in [-0.3, -0.25) is 0 Å². The van der Waals surface area contributed by atoms with Gasteiger partial charge in [0.15, 0.2) is 0 Å². The molecule has 1 unspecified atom stereocenters. The van der Waals surface area contributed by atoms with Gasteiger partial charge in [-0.05, 0) is 36.1 Å². The number of hydrogen-bond acceptors (Lipinski definition) is 5. The van der Waals surface area contributed by atoms with Crippen LogP contribution in [0.1, 0.15) is 16.8 Å². The van der Waals surface area contributed by atoms with E-state index in [1.807, 2.05) is 36.4 Å². The lowest BCUT2D eigenvalue weighted by Gasteiger charge is -2.28. The minimum absolute atomic E-state index is 0.263. The standard InChI is InChI=1S/C21H20N4S/c1-14-7-8-18-15(9-14)10-19(26-18)17-11-20(25-13-24-17)21(23,12-22)16-5-3-2-4-6-16/h2-11,13H,12,22-23H2,1H3. The molecule has 0 aliphatic heterocycles. The van der Waals surface area contributed by atoms with E-state index in [9.17, 15) is 0 Å². The van der Waals surface area contributed by atoms with Gasteiger partial charge >= 0.3 is 0 Å². The first-order valence-corrected chi connectivity index (χ1v) is 9.29. The fraction of sp³-hybridized carbons (Fsp3) is 0.143. The molecule has 4 N–H and O–H groups in total. The fourth-order valence-electron chi connectivity index (χ4n) is 3.13. The molecule has 0 aliphatic rings. The maximum absolute atomic E-state index is 6.67. The highest BCUT2D eigenvalue weighted by Gasteiger charge is 2.30. The molecule has 26 heavy (non-hydrogen) atoms. The molecule has 0 saturated carbocycles. The molecule has 0 radical (unpaired) electrons. The van der Waals surface area contributed by atoms with Crippen LogP contribution in [0.2, 0.25) is 0 Å². The van der Waals surface area contributed by atoms with E-state index in [-0.39, 0.29) is 6.54 Å². The van der Waals surface area contributed by atoms with Crippen LogP contribution in [-0.2, 0) is 5.54 Å². The quantitative estimate of drug-likeness (QED) is 0.580. The van der Waals surface area contributed by atoms with E-state index in [4.69, 9.17) is 11.5 Å². The van der Waals surface area contributed by atoms with Crippen LogP contribution in [0.4, 0.5) is 0 Å². The highest BCUT2D eigenvalue weighted by molar-refractivity contribution is 7.22. The number of benzene rings is 2. The van der Waals surface area contributed by atoms with Crippen LogP contribution in [0.25, 0.3) is 20.7 Å². The molecule has 2 heterocycles. The average molecular weight is 360 g/mol. The summed E-state index contributed by atoms with van der Waals surface area (Å²) in [4.78, 5) is 10.0. The monoisotopic (exact) mass is 360 g/mol. The highest BCUT2D eigenvalue weighted by atomic mass is 32.1. The molecule has 0 spiro atoms. The van der Waals surface area contributed by atoms with Gasteiger partial charge in [0.05, 0.1) is 21.8 Å². The minimum Gasteiger partial charge on any atom is -0.328 e. The van der Waals surface area contributed by atoms with Gasteiger partial charge in [-0.2, -0.15) is 0 Å². The normalized spacial score (nSPS) is 13.7. The summed E-state index contributed by atoms with van der Waals surface area (Å²) in [6.07, 6.45) is 1.57. The third-order valence-corrected chi connectivity index (χ3v) is 5.80. The Morgan fingerprint density at radius 1 is 1.00 bits per heavy atom. The first-order valence-electron chi connectivity index (χ1n) is 8.48. The number of nitrogens with zero attached hydrogens (tertiary/aromatic N) is 2. The van der Waals surface area contributed by atoms with Crippen molar-refractivity contribution in [1.29, 1.82) is 0 Å². The Bertz CT molecular complexity index is 1060. The van der Waals surface area contributed by atoms with Crippen molar-refractivity contribution in [3.63, 3.8) is 0 Å². The lowest BCUT2D eigenvalue weighted by molar-refractivity contribution is 0.533. The molecule has 2 aromatic carbocycles. The topological polar surface area (TPSA) is 77.8 Å². The Morgan fingerprint density at radius 2 is 1.81 bits per heavy atom. The van der Waals surface area contributed by atoms with Crippen LogP contribution in [0.15, 0.2) is 67.0 Å². The van der Waals surface area contributed by atoms with Gasteiger partial charge in [-0.25, -0.2) is 9.97 Å². The van der Waals surface area contributed by atoms with E-state index >= 15 is 0 Å². The van der Waals surface area contributed by atoms with Crippen molar-refractivity contribution >= 4 is 21.4 Å². The molecule has 5 heteroatoms. The fourth-order valence-corrected chi connectivity index (χ4v) is 4.14. The SMILES string of the molecule is Cc1ccc2sc(-c3cc(C(N)(CN)c4ccccc4)ncn3)cc2c1. The number of fused-ring (bicyclic) bond motifs is 1. The molecular weight excluding hydrogens is 340 g/mol. The highest BCUT2D eigenvalue weighted by Crippen LogP contribution is 2.34. The number of thiophene rings is 1. The van der Waals surface area contributed by atoms with E-state index in [2.05, 4.69) is 41.2 Å². The van der Waals surface area contributed by atoms with Gasteiger partial charge in [0.1, 0.15) is 6.33 Å². The molecule has 130 valence electrons. The molecule has 0 aliphatic carbocycles. The average Bonchev–Trinajstić information content (AvgIpc) is 3.11. The predicted octanol–water partition coefficient (Wildman–Crippen LogP) is 3.83. The maximum atomic E-state index is 6.67. The molecule has 2 aromatic heterocycles. The van der Waals surface area contributed by atoms with E-state index in [0.717, 1.165) is 21.8 Å². The first-order chi connectivity index (χ1) is 12.6. The van der Waals surface area contributed by atoms with Crippen molar-refractivity contribution in [2.45, 2.75) is 12.5 Å². The molecular formula is C21H20N4S. The summed E-state index contributed by atoms with van der Waals surface area (Å²) in [6, 6.07) is 20.4. The minimum atomic E-state index is -0.841. The third-order valence-electron chi connectivity index (χ3n) is 4.66. The van der Waals surface area contributed by atoms with Gasteiger partial charge < -0.3 is 11.5 Å². The number of rotatable bonds is 4. The van der Waals surface area contributed by atoms with Crippen molar-refractivity contribution in [2.24, 2.45) is 11.5 Å². The molecule has 4 aromatic rings. The maximum Gasteiger partial charge on any atom is 0.116 e. The second-order valence-corrected chi connectivity index (χ2v) is 7.57. The van der Waals surface area contributed by atoms with E-state index in [1.54, 1.807) is 17.7 Å². The first kappa shape index (κ1) is 16.8. The van der Waals surface area contributed by atoms with Crippen molar-refractivity contribution in [3.05, 3.63) is 83.8 Å². The Balaban J connectivity index is 1.80. The number of hydrogen-bond donors (Lipinski definition) is 2. The Morgan fingerprint density at radius 3 is 2.58 bits per heavy atom. The lowest BCUT2D eigenvalue weighted by atomic mass is 9.87. The van der Waals surface area contributed by atoms with Crippen molar-refractivity contribution in [1.82, 2.24) is 9.97 Å². The van der Waals surface area contributed by atoms with Crippen LogP contribution in [0.3, 0.4) is 0 Å². The van der Waals surface area contributed by atoms with Crippen molar-refractivity contribution in [3.8, 4) is 10.6 Å². The van der Waals surface area contributed by atoms with Gasteiger partial charge in [0, 0.05) is 11.2 Å². The molecule has 1 atom stereocenters. The molecule has 0 fully saturated rings. The number of aromatic nitrogens is 2. The molecule has 0 saturated heterocycles. The van der Waals surface area contributed by atoms with Crippen molar-refractivity contribution < 1.29 is 0 Å². The Hall–Kier alpha value is -2.60. The largest absolute Gasteiger partial charge is 0.328 e. The van der Waals surface area contributed by atoms with Gasteiger partial charge in [0.2, 0.25) is 0 Å². The number of nitrogens with two attached hydrogens (primary N) is 2. The Kier molecular flexibility index (Phi) is 4.28. The van der Waals surface area contributed by atoms with E-state index in [0.29, 0.717) is 0 Å². The second kappa shape index (κ2) is 6.61. The predicted molar refractivity (Wildman–Crippen MR) is 108 cm³/mol. The summed E-state index contributed by atoms with van der Waals surface area (Å²) in [5.41, 5.74) is 15.7. The van der Waals surface area contributed by atoms with Gasteiger partial charge in [-0.1, -0.05) is 48.0 Å². The molecule has 0 amide bonds. The summed E-state index contributed by atoms with van der Waals surface area (Å²) < 4.78 is 1.24. The zero-order valence-electron chi connectivity index (χ0n) is 14.5. The summed E-state index contributed by atoms with van der Waals surface area (Å²) in [5, 5.41) is 1.23. The third kappa shape index (κ3) is 2.90. The Labute approximate surface area is 156 Å². The van der Waals surface area contributed by atoms with E-state index in [1.165, 1.54) is 15.6 Å². The summed E-state index contributed by atoms with van der Waals surface area (Å²) in [7, 11) is 0. The molecule has 0 bridgehead atoms. The van der Waals surface area contributed by atoms with Crippen LogP contribution in [-0.4, -0.2) is 16.5 Å². The summed E-state index contributed by atoms with van der Waals surface area (Å²) in [6.45, 7) is 2.36. The van der Waals surface area contributed by atoms with Crippen LogP contribution >= 0.6 is 11.3 Å². The van der Waals surface area contributed by atoms with Crippen LogP contribution in [0, 0.1) is 6.92 Å². The van der Waals surface area contributed by atoms with Crippen molar-refractivity contribution in [2.75, 3.05) is 6.54 Å². The lowest BCUT2D eigenvalue weighted by Crippen LogP contribution is -2.45. The summed E-state index contributed by atoms with van der Waals surface area (Å²) >= 11 is 1.72. The van der Waals surface area contributed by atoms with Crippen LogP contribution < -0.4 is 11.5 Å². The van der Waals surface area contributed by atoms with Gasteiger partial charge in [0.25, 0.3) is 0 Å². The smallest absolute Gasteiger partial charge is 0.116 e.